The van der Waals surface area contributed by atoms with Gasteiger partial charge in [0.05, 0.1) is 5.02 Å². The third-order valence-electron chi connectivity index (χ3n) is 3.35. The number of aromatic hydroxyl groups is 1. The third-order valence-corrected chi connectivity index (χ3v) is 3.64. The predicted octanol–water partition coefficient (Wildman–Crippen LogP) is 5.52. The highest BCUT2D eigenvalue weighted by molar-refractivity contribution is 6.31. The van der Waals surface area contributed by atoms with Gasteiger partial charge in [0.15, 0.2) is 0 Å². The highest BCUT2D eigenvalue weighted by atomic mass is 35.5. The van der Waals surface area contributed by atoms with Crippen molar-refractivity contribution in [3.8, 4) is 28.0 Å². The zero-order chi connectivity index (χ0) is 14.8. The molecule has 21 heavy (non-hydrogen) atoms. The highest BCUT2D eigenvalue weighted by Gasteiger charge is 2.13. The summed E-state index contributed by atoms with van der Waals surface area (Å²) in [6, 6.07) is 19.6. The quantitative estimate of drug-likeness (QED) is 0.660. The molecule has 0 saturated carbocycles. The summed E-state index contributed by atoms with van der Waals surface area (Å²) in [6.07, 6.45) is 0. The van der Waals surface area contributed by atoms with Crippen LogP contribution < -0.4 is 0 Å². The van der Waals surface area contributed by atoms with Gasteiger partial charge in [-0.2, -0.15) is 0 Å². The second-order valence-electron chi connectivity index (χ2n) is 4.70. The van der Waals surface area contributed by atoms with Crippen LogP contribution in [-0.2, 0) is 0 Å². The maximum atomic E-state index is 14.2. The summed E-state index contributed by atoms with van der Waals surface area (Å²) >= 11 is 5.82. The van der Waals surface area contributed by atoms with Crippen molar-refractivity contribution < 1.29 is 9.50 Å². The molecule has 0 spiro atoms. The van der Waals surface area contributed by atoms with Crippen LogP contribution in [0.1, 0.15) is 0 Å². The lowest BCUT2D eigenvalue weighted by molar-refractivity contribution is 0.477. The van der Waals surface area contributed by atoms with Gasteiger partial charge in [-0.25, -0.2) is 4.39 Å². The molecule has 0 heterocycles. The number of rotatable bonds is 2. The largest absolute Gasteiger partial charge is 0.507 e. The van der Waals surface area contributed by atoms with E-state index in [0.717, 1.165) is 11.1 Å². The minimum atomic E-state index is -0.528. The summed E-state index contributed by atoms with van der Waals surface area (Å²) in [6.45, 7) is 0. The molecule has 0 bridgehead atoms. The fourth-order valence-electron chi connectivity index (χ4n) is 2.27. The van der Waals surface area contributed by atoms with Gasteiger partial charge in [0, 0.05) is 11.1 Å². The number of phenolic OH excluding ortho intramolecular Hbond substituents is 1. The van der Waals surface area contributed by atoms with Crippen LogP contribution in [0.4, 0.5) is 4.39 Å². The lowest BCUT2D eigenvalue weighted by Crippen LogP contribution is -1.87. The maximum Gasteiger partial charge on any atom is 0.149 e. The normalized spacial score (nSPS) is 10.6. The molecule has 3 aromatic rings. The van der Waals surface area contributed by atoms with Gasteiger partial charge in [-0.05, 0) is 29.3 Å². The van der Waals surface area contributed by atoms with Crippen molar-refractivity contribution in [3.63, 3.8) is 0 Å². The Labute approximate surface area is 127 Å². The average molecular weight is 299 g/mol. The SMILES string of the molecule is Oc1ccc(-c2ccccc2)cc1-c1cccc(Cl)c1F. The minimum absolute atomic E-state index is 0.0239. The Bertz CT molecular complexity index is 784. The Morgan fingerprint density at radius 3 is 2.29 bits per heavy atom. The van der Waals surface area contributed by atoms with Crippen molar-refractivity contribution in [2.24, 2.45) is 0 Å². The van der Waals surface area contributed by atoms with E-state index < -0.39 is 5.82 Å². The molecule has 0 saturated heterocycles. The topological polar surface area (TPSA) is 20.2 Å². The van der Waals surface area contributed by atoms with Crippen molar-refractivity contribution >= 4 is 11.6 Å². The van der Waals surface area contributed by atoms with Crippen LogP contribution in [0.2, 0.25) is 5.02 Å². The van der Waals surface area contributed by atoms with Crippen molar-refractivity contribution in [1.82, 2.24) is 0 Å². The summed E-state index contributed by atoms with van der Waals surface area (Å²) in [4.78, 5) is 0. The standard InChI is InChI=1S/C18H12ClFO/c19-16-8-4-7-14(18(16)20)15-11-13(9-10-17(15)21)12-5-2-1-3-6-12/h1-11,21H. The zero-order valence-electron chi connectivity index (χ0n) is 11.1. The first-order chi connectivity index (χ1) is 10.2. The Hall–Kier alpha value is -2.32. The highest BCUT2D eigenvalue weighted by Crippen LogP contribution is 2.36. The smallest absolute Gasteiger partial charge is 0.149 e. The Balaban J connectivity index is 2.17. The van der Waals surface area contributed by atoms with E-state index in [9.17, 15) is 9.50 Å². The van der Waals surface area contributed by atoms with Gasteiger partial charge in [0.1, 0.15) is 11.6 Å². The van der Waals surface area contributed by atoms with Crippen molar-refractivity contribution in [2.75, 3.05) is 0 Å². The molecule has 0 aliphatic heterocycles. The summed E-state index contributed by atoms with van der Waals surface area (Å²) in [7, 11) is 0. The van der Waals surface area contributed by atoms with Gasteiger partial charge in [0.2, 0.25) is 0 Å². The molecular formula is C18H12ClFO. The molecule has 1 nitrogen and oxygen atoms in total. The first-order valence-corrected chi connectivity index (χ1v) is 6.87. The number of hydrogen-bond donors (Lipinski definition) is 1. The summed E-state index contributed by atoms with van der Waals surface area (Å²) < 4.78 is 14.2. The second kappa shape index (κ2) is 5.58. The van der Waals surface area contributed by atoms with Gasteiger partial charge in [-0.3, -0.25) is 0 Å². The van der Waals surface area contributed by atoms with E-state index in [1.807, 2.05) is 30.3 Å². The molecule has 0 atom stereocenters. The molecule has 1 N–H and O–H groups in total. The van der Waals surface area contributed by atoms with Crippen LogP contribution in [0.3, 0.4) is 0 Å². The van der Waals surface area contributed by atoms with Gasteiger partial charge in [-0.1, -0.05) is 60.1 Å². The first-order valence-electron chi connectivity index (χ1n) is 6.49. The number of halogens is 2. The third kappa shape index (κ3) is 2.63. The van der Waals surface area contributed by atoms with E-state index in [0.29, 0.717) is 5.56 Å². The summed E-state index contributed by atoms with van der Waals surface area (Å²) in [5.41, 5.74) is 2.62. The van der Waals surface area contributed by atoms with Crippen molar-refractivity contribution in [3.05, 3.63) is 77.6 Å². The lowest BCUT2D eigenvalue weighted by Gasteiger charge is -2.10. The number of hydrogen-bond acceptors (Lipinski definition) is 1. The van der Waals surface area contributed by atoms with Crippen LogP contribution in [0.25, 0.3) is 22.3 Å². The number of benzene rings is 3. The minimum Gasteiger partial charge on any atom is -0.507 e. The van der Waals surface area contributed by atoms with Gasteiger partial charge in [-0.15, -0.1) is 0 Å². The second-order valence-corrected chi connectivity index (χ2v) is 5.11. The molecule has 3 heteroatoms. The van der Waals surface area contributed by atoms with E-state index in [4.69, 9.17) is 11.6 Å². The maximum absolute atomic E-state index is 14.2. The van der Waals surface area contributed by atoms with E-state index in [1.54, 1.807) is 30.3 Å². The molecule has 0 amide bonds. The van der Waals surface area contributed by atoms with Gasteiger partial charge in [0.25, 0.3) is 0 Å². The Morgan fingerprint density at radius 1 is 0.762 bits per heavy atom. The van der Waals surface area contributed by atoms with Crippen LogP contribution in [0, 0.1) is 5.82 Å². The first kappa shape index (κ1) is 13.7. The van der Waals surface area contributed by atoms with Crippen LogP contribution in [0.15, 0.2) is 66.7 Å². The van der Waals surface area contributed by atoms with E-state index in [2.05, 4.69) is 0 Å². The van der Waals surface area contributed by atoms with Gasteiger partial charge >= 0.3 is 0 Å². The summed E-state index contributed by atoms with van der Waals surface area (Å²) in [5.74, 6) is -0.504. The Morgan fingerprint density at radius 2 is 1.52 bits per heavy atom. The van der Waals surface area contributed by atoms with Crippen molar-refractivity contribution in [2.45, 2.75) is 0 Å². The van der Waals surface area contributed by atoms with Crippen LogP contribution in [-0.4, -0.2) is 5.11 Å². The van der Waals surface area contributed by atoms with Crippen LogP contribution >= 0.6 is 11.6 Å². The monoisotopic (exact) mass is 298 g/mol. The molecule has 3 aromatic carbocycles. The van der Waals surface area contributed by atoms with Crippen LogP contribution in [0.5, 0.6) is 5.75 Å². The molecule has 0 radical (unpaired) electrons. The van der Waals surface area contributed by atoms with Gasteiger partial charge < -0.3 is 5.11 Å². The fourth-order valence-corrected chi connectivity index (χ4v) is 2.45. The molecule has 0 fully saturated rings. The van der Waals surface area contributed by atoms with Crippen molar-refractivity contribution in [1.29, 1.82) is 0 Å². The summed E-state index contributed by atoms with van der Waals surface area (Å²) in [5, 5.41) is 10.1. The molecule has 0 aliphatic rings. The predicted molar refractivity (Wildman–Crippen MR) is 83.9 cm³/mol. The molecule has 0 unspecified atom stereocenters. The number of phenols is 1. The lowest BCUT2D eigenvalue weighted by atomic mass is 9.98. The average Bonchev–Trinajstić information content (AvgIpc) is 2.52. The van der Waals surface area contributed by atoms with E-state index in [-0.39, 0.29) is 16.3 Å². The van der Waals surface area contributed by atoms with E-state index in [1.165, 1.54) is 6.07 Å². The molecule has 0 aromatic heterocycles. The van der Waals surface area contributed by atoms with E-state index >= 15 is 0 Å². The zero-order valence-corrected chi connectivity index (χ0v) is 11.8. The molecule has 104 valence electrons. The molecule has 0 aliphatic carbocycles. The molecule has 3 rings (SSSR count). The Kier molecular flexibility index (Phi) is 3.63. The fraction of sp³-hybridized carbons (Fsp3) is 0. The molecular weight excluding hydrogens is 287 g/mol.